The Bertz CT molecular complexity index is 293. The number of hydrogen-bond acceptors (Lipinski definition) is 2. The van der Waals surface area contributed by atoms with E-state index >= 15 is 0 Å². The molecule has 4 heteroatoms. The molecule has 0 radical (unpaired) electrons. The van der Waals surface area contributed by atoms with Crippen LogP contribution in [0, 0.1) is 5.82 Å². The topological polar surface area (TPSA) is 12.0 Å². The zero-order valence-electron chi connectivity index (χ0n) is 8.02. The van der Waals surface area contributed by atoms with Crippen molar-refractivity contribution in [1.82, 2.24) is 5.32 Å². The summed E-state index contributed by atoms with van der Waals surface area (Å²) in [5.41, 5.74) is 0.939. The summed E-state index contributed by atoms with van der Waals surface area (Å²) in [6.07, 6.45) is 2.06. The maximum absolute atomic E-state index is 12.7. The van der Waals surface area contributed by atoms with Crippen molar-refractivity contribution in [2.24, 2.45) is 0 Å². The van der Waals surface area contributed by atoms with Crippen LogP contribution < -0.4 is 5.32 Å². The van der Waals surface area contributed by atoms with Crippen LogP contribution in [0.4, 0.5) is 4.39 Å². The van der Waals surface area contributed by atoms with Crippen LogP contribution in [0.1, 0.15) is 5.56 Å². The van der Waals surface area contributed by atoms with Crippen LogP contribution in [0.2, 0.25) is 5.02 Å². The van der Waals surface area contributed by atoms with Crippen molar-refractivity contribution in [2.45, 2.75) is 6.54 Å². The molecule has 0 atom stereocenters. The first-order chi connectivity index (χ1) is 6.74. The van der Waals surface area contributed by atoms with E-state index in [-0.39, 0.29) is 5.82 Å². The largest absolute Gasteiger partial charge is 0.312 e. The molecule has 0 saturated carbocycles. The molecule has 1 N–H and O–H groups in total. The molecule has 1 aromatic carbocycles. The minimum absolute atomic E-state index is 0.289. The molecule has 0 amide bonds. The van der Waals surface area contributed by atoms with Crippen LogP contribution in [-0.2, 0) is 6.54 Å². The lowest BCUT2D eigenvalue weighted by atomic mass is 10.2. The van der Waals surface area contributed by atoms with E-state index in [1.807, 2.05) is 0 Å². The van der Waals surface area contributed by atoms with Crippen LogP contribution in [-0.4, -0.2) is 18.6 Å². The first-order valence-electron chi connectivity index (χ1n) is 4.37. The summed E-state index contributed by atoms with van der Waals surface area (Å²) in [5, 5.41) is 3.72. The van der Waals surface area contributed by atoms with Gasteiger partial charge in [-0.25, -0.2) is 4.39 Å². The highest BCUT2D eigenvalue weighted by atomic mass is 35.5. The first-order valence-corrected chi connectivity index (χ1v) is 6.15. The molecule has 1 rings (SSSR count). The molecule has 78 valence electrons. The van der Waals surface area contributed by atoms with Crippen molar-refractivity contribution in [1.29, 1.82) is 0 Å². The van der Waals surface area contributed by atoms with Gasteiger partial charge in [0.2, 0.25) is 0 Å². The fourth-order valence-corrected chi connectivity index (χ4v) is 1.64. The molecule has 0 aliphatic rings. The average Bonchev–Trinajstić information content (AvgIpc) is 2.15. The second-order valence-corrected chi connectivity index (χ2v) is 4.30. The number of halogens is 2. The number of rotatable bonds is 5. The summed E-state index contributed by atoms with van der Waals surface area (Å²) in [6, 6.07) is 4.48. The summed E-state index contributed by atoms with van der Waals surface area (Å²) in [6.45, 7) is 1.63. The van der Waals surface area contributed by atoms with Crippen LogP contribution in [0.25, 0.3) is 0 Å². The molecular formula is C10H13ClFNS. The van der Waals surface area contributed by atoms with E-state index in [0.717, 1.165) is 17.9 Å². The van der Waals surface area contributed by atoms with Crippen LogP contribution >= 0.6 is 23.4 Å². The van der Waals surface area contributed by atoms with Gasteiger partial charge in [-0.15, -0.1) is 0 Å². The number of nitrogens with one attached hydrogen (secondary N) is 1. The van der Waals surface area contributed by atoms with E-state index < -0.39 is 0 Å². The van der Waals surface area contributed by atoms with E-state index in [4.69, 9.17) is 11.6 Å². The van der Waals surface area contributed by atoms with Crippen LogP contribution in [0.15, 0.2) is 18.2 Å². The van der Waals surface area contributed by atoms with Gasteiger partial charge in [0.05, 0.1) is 0 Å². The second kappa shape index (κ2) is 6.27. The molecule has 0 spiro atoms. The molecule has 0 aliphatic heterocycles. The van der Waals surface area contributed by atoms with Gasteiger partial charge in [0, 0.05) is 23.9 Å². The minimum Gasteiger partial charge on any atom is -0.312 e. The van der Waals surface area contributed by atoms with Gasteiger partial charge in [0.15, 0.2) is 0 Å². The van der Waals surface area contributed by atoms with Gasteiger partial charge < -0.3 is 5.32 Å². The lowest BCUT2D eigenvalue weighted by Crippen LogP contribution is -2.16. The van der Waals surface area contributed by atoms with Gasteiger partial charge in [0.25, 0.3) is 0 Å². The van der Waals surface area contributed by atoms with Crippen molar-refractivity contribution < 1.29 is 4.39 Å². The second-order valence-electron chi connectivity index (χ2n) is 2.91. The zero-order chi connectivity index (χ0) is 10.4. The predicted octanol–water partition coefficient (Wildman–Crippen LogP) is 2.93. The highest BCUT2D eigenvalue weighted by Crippen LogP contribution is 2.16. The van der Waals surface area contributed by atoms with Gasteiger partial charge in [-0.05, 0) is 24.0 Å². The molecule has 0 heterocycles. The molecule has 0 aliphatic carbocycles. The molecule has 1 nitrogen and oxygen atoms in total. The summed E-state index contributed by atoms with van der Waals surface area (Å²) >= 11 is 7.65. The summed E-state index contributed by atoms with van der Waals surface area (Å²) in [4.78, 5) is 0. The Kier molecular flexibility index (Phi) is 5.30. The van der Waals surface area contributed by atoms with E-state index in [9.17, 15) is 4.39 Å². The lowest BCUT2D eigenvalue weighted by molar-refractivity contribution is 0.626. The third-order valence-corrected chi connectivity index (χ3v) is 2.78. The van der Waals surface area contributed by atoms with Crippen molar-refractivity contribution >= 4 is 23.4 Å². The zero-order valence-corrected chi connectivity index (χ0v) is 9.59. The lowest BCUT2D eigenvalue weighted by Gasteiger charge is -2.05. The smallest absolute Gasteiger partial charge is 0.124 e. The highest BCUT2D eigenvalue weighted by Gasteiger charge is 2.00. The first kappa shape index (κ1) is 11.8. The van der Waals surface area contributed by atoms with Crippen molar-refractivity contribution in [3.63, 3.8) is 0 Å². The van der Waals surface area contributed by atoms with E-state index in [2.05, 4.69) is 11.6 Å². The number of thioether (sulfide) groups is 1. The SMILES string of the molecule is CSCCNCc1ccc(F)cc1Cl. The Hall–Kier alpha value is -0.250. The number of hydrogen-bond donors (Lipinski definition) is 1. The maximum atomic E-state index is 12.7. The molecular weight excluding hydrogens is 221 g/mol. The van der Waals surface area contributed by atoms with Gasteiger partial charge in [-0.2, -0.15) is 11.8 Å². The van der Waals surface area contributed by atoms with Gasteiger partial charge in [-0.1, -0.05) is 17.7 Å². The van der Waals surface area contributed by atoms with Gasteiger partial charge >= 0.3 is 0 Å². The molecule has 0 saturated heterocycles. The summed E-state index contributed by atoms with van der Waals surface area (Å²) < 4.78 is 12.7. The van der Waals surface area contributed by atoms with Crippen molar-refractivity contribution in [2.75, 3.05) is 18.6 Å². The van der Waals surface area contributed by atoms with E-state index in [0.29, 0.717) is 11.6 Å². The van der Waals surface area contributed by atoms with Gasteiger partial charge in [0.1, 0.15) is 5.82 Å². The molecule has 1 aromatic rings. The molecule has 0 aromatic heterocycles. The Morgan fingerprint density at radius 3 is 2.93 bits per heavy atom. The Labute approximate surface area is 93.0 Å². The summed E-state index contributed by atoms with van der Waals surface area (Å²) in [5.74, 6) is 0.779. The Balaban J connectivity index is 2.42. The van der Waals surface area contributed by atoms with Crippen molar-refractivity contribution in [3.05, 3.63) is 34.6 Å². The Morgan fingerprint density at radius 2 is 2.29 bits per heavy atom. The highest BCUT2D eigenvalue weighted by molar-refractivity contribution is 7.98. The van der Waals surface area contributed by atoms with Gasteiger partial charge in [-0.3, -0.25) is 0 Å². The molecule has 14 heavy (non-hydrogen) atoms. The summed E-state index contributed by atoms with van der Waals surface area (Å²) in [7, 11) is 0. The van der Waals surface area contributed by atoms with Crippen molar-refractivity contribution in [3.8, 4) is 0 Å². The fourth-order valence-electron chi connectivity index (χ4n) is 1.06. The minimum atomic E-state index is -0.289. The molecule has 0 unspecified atom stereocenters. The normalized spacial score (nSPS) is 10.5. The third-order valence-electron chi connectivity index (χ3n) is 1.81. The van der Waals surface area contributed by atoms with E-state index in [1.54, 1.807) is 17.8 Å². The monoisotopic (exact) mass is 233 g/mol. The quantitative estimate of drug-likeness (QED) is 0.785. The predicted molar refractivity (Wildman–Crippen MR) is 61.5 cm³/mol. The fraction of sp³-hybridized carbons (Fsp3) is 0.400. The molecule has 0 bridgehead atoms. The van der Waals surface area contributed by atoms with E-state index in [1.165, 1.54) is 12.1 Å². The number of benzene rings is 1. The average molecular weight is 234 g/mol. The molecule has 0 fully saturated rings. The Morgan fingerprint density at radius 1 is 1.50 bits per heavy atom. The standard InChI is InChI=1S/C10H13ClFNS/c1-14-5-4-13-7-8-2-3-9(12)6-10(8)11/h2-3,6,13H,4-5,7H2,1H3. The maximum Gasteiger partial charge on any atom is 0.124 e. The van der Waals surface area contributed by atoms with Crippen LogP contribution in [0.5, 0.6) is 0 Å². The van der Waals surface area contributed by atoms with Crippen LogP contribution in [0.3, 0.4) is 0 Å². The third kappa shape index (κ3) is 3.86.